The SMILES string of the molecule is CN1CCCC1CNc1cncc(C(=O)O)n1. The van der Waals surface area contributed by atoms with Gasteiger partial charge in [-0.1, -0.05) is 0 Å². The molecule has 0 spiro atoms. The lowest BCUT2D eigenvalue weighted by Gasteiger charge is -2.19. The predicted molar refractivity (Wildman–Crippen MR) is 63.1 cm³/mol. The molecular formula is C11H16N4O2. The van der Waals surface area contributed by atoms with Crippen molar-refractivity contribution in [2.75, 3.05) is 25.5 Å². The second-order valence-corrected chi connectivity index (χ2v) is 4.25. The normalized spacial score (nSPS) is 20.4. The number of likely N-dealkylation sites (tertiary alicyclic amines) is 1. The molecule has 17 heavy (non-hydrogen) atoms. The molecular weight excluding hydrogens is 220 g/mol. The van der Waals surface area contributed by atoms with Crippen LogP contribution in [0.25, 0.3) is 0 Å². The Kier molecular flexibility index (Phi) is 3.53. The van der Waals surface area contributed by atoms with Crippen molar-refractivity contribution >= 4 is 11.8 Å². The van der Waals surface area contributed by atoms with Crippen molar-refractivity contribution in [3.63, 3.8) is 0 Å². The molecule has 2 heterocycles. The summed E-state index contributed by atoms with van der Waals surface area (Å²) >= 11 is 0. The number of hydrogen-bond donors (Lipinski definition) is 2. The van der Waals surface area contributed by atoms with Gasteiger partial charge in [0.15, 0.2) is 5.69 Å². The molecule has 0 bridgehead atoms. The maximum absolute atomic E-state index is 10.7. The van der Waals surface area contributed by atoms with Crippen LogP contribution in [0.3, 0.4) is 0 Å². The number of nitrogens with zero attached hydrogens (tertiary/aromatic N) is 3. The first-order valence-corrected chi connectivity index (χ1v) is 5.66. The summed E-state index contributed by atoms with van der Waals surface area (Å²) in [5.41, 5.74) is -0.0326. The van der Waals surface area contributed by atoms with Gasteiger partial charge in [-0.3, -0.25) is 4.98 Å². The third-order valence-corrected chi connectivity index (χ3v) is 3.04. The average molecular weight is 236 g/mol. The van der Waals surface area contributed by atoms with E-state index >= 15 is 0 Å². The number of nitrogens with one attached hydrogen (secondary N) is 1. The first kappa shape index (κ1) is 11.8. The van der Waals surface area contributed by atoms with Crippen LogP contribution in [0.1, 0.15) is 23.3 Å². The molecule has 92 valence electrons. The number of rotatable bonds is 4. The number of carboxylic acids is 1. The van der Waals surface area contributed by atoms with Gasteiger partial charge in [-0.2, -0.15) is 0 Å². The van der Waals surface area contributed by atoms with Crippen LogP contribution < -0.4 is 5.32 Å². The number of hydrogen-bond acceptors (Lipinski definition) is 5. The van der Waals surface area contributed by atoms with Crippen LogP contribution in [0, 0.1) is 0 Å². The summed E-state index contributed by atoms with van der Waals surface area (Å²) < 4.78 is 0. The molecule has 1 aromatic heterocycles. The van der Waals surface area contributed by atoms with E-state index < -0.39 is 5.97 Å². The summed E-state index contributed by atoms with van der Waals surface area (Å²) in [6.07, 6.45) is 5.16. The fourth-order valence-corrected chi connectivity index (χ4v) is 2.01. The Morgan fingerprint density at radius 1 is 1.65 bits per heavy atom. The van der Waals surface area contributed by atoms with Crippen LogP contribution in [-0.4, -0.2) is 52.1 Å². The van der Waals surface area contributed by atoms with Crippen LogP contribution in [0.5, 0.6) is 0 Å². The van der Waals surface area contributed by atoms with Crippen molar-refractivity contribution in [2.24, 2.45) is 0 Å². The Hall–Kier alpha value is -1.69. The maximum atomic E-state index is 10.7. The Balaban J connectivity index is 1.94. The van der Waals surface area contributed by atoms with Crippen LogP contribution in [0.15, 0.2) is 12.4 Å². The molecule has 2 rings (SSSR count). The molecule has 0 radical (unpaired) electrons. The third-order valence-electron chi connectivity index (χ3n) is 3.04. The molecule has 0 aromatic carbocycles. The van der Waals surface area contributed by atoms with Crippen LogP contribution >= 0.6 is 0 Å². The molecule has 6 heteroatoms. The topological polar surface area (TPSA) is 78.4 Å². The minimum Gasteiger partial charge on any atom is -0.476 e. The summed E-state index contributed by atoms with van der Waals surface area (Å²) in [7, 11) is 2.10. The van der Waals surface area contributed by atoms with Crippen LogP contribution in [-0.2, 0) is 0 Å². The minimum absolute atomic E-state index is 0.0326. The van der Waals surface area contributed by atoms with E-state index in [1.807, 2.05) is 0 Å². The molecule has 1 unspecified atom stereocenters. The number of likely N-dealkylation sites (N-methyl/N-ethyl adjacent to an activating group) is 1. The molecule has 1 fully saturated rings. The molecule has 1 aromatic rings. The van der Waals surface area contributed by atoms with Crippen molar-refractivity contribution in [1.82, 2.24) is 14.9 Å². The fraction of sp³-hybridized carbons (Fsp3) is 0.545. The van der Waals surface area contributed by atoms with E-state index in [1.165, 1.54) is 12.6 Å². The van der Waals surface area contributed by atoms with Gasteiger partial charge in [0.1, 0.15) is 5.82 Å². The summed E-state index contributed by atoms with van der Waals surface area (Å²) in [6, 6.07) is 0.491. The lowest BCUT2D eigenvalue weighted by molar-refractivity contribution is 0.0690. The number of aromatic nitrogens is 2. The quantitative estimate of drug-likeness (QED) is 0.800. The van der Waals surface area contributed by atoms with Gasteiger partial charge < -0.3 is 15.3 Å². The van der Waals surface area contributed by atoms with Crippen LogP contribution in [0.4, 0.5) is 5.82 Å². The highest BCUT2D eigenvalue weighted by atomic mass is 16.4. The fourth-order valence-electron chi connectivity index (χ4n) is 2.01. The summed E-state index contributed by atoms with van der Waals surface area (Å²) in [5.74, 6) is -0.538. The first-order chi connectivity index (χ1) is 8.16. The number of anilines is 1. The zero-order valence-corrected chi connectivity index (χ0v) is 9.76. The summed E-state index contributed by atoms with van der Waals surface area (Å²) in [6.45, 7) is 1.89. The molecule has 1 aliphatic heterocycles. The van der Waals surface area contributed by atoms with Gasteiger partial charge in [-0.05, 0) is 26.4 Å². The second kappa shape index (κ2) is 5.09. The summed E-state index contributed by atoms with van der Waals surface area (Å²) in [5, 5.41) is 11.9. The molecule has 2 N–H and O–H groups in total. The standard InChI is InChI=1S/C11H16N4O2/c1-15-4-2-3-8(15)5-13-10-7-12-6-9(14-10)11(16)17/h6-8H,2-5H2,1H3,(H,13,14)(H,16,17). The molecule has 0 saturated carbocycles. The average Bonchev–Trinajstić information content (AvgIpc) is 2.72. The van der Waals surface area contributed by atoms with E-state index in [9.17, 15) is 4.79 Å². The largest absolute Gasteiger partial charge is 0.476 e. The van der Waals surface area contributed by atoms with E-state index in [-0.39, 0.29) is 5.69 Å². The van der Waals surface area contributed by atoms with Crippen molar-refractivity contribution in [3.8, 4) is 0 Å². The van der Waals surface area contributed by atoms with Crippen LogP contribution in [0.2, 0.25) is 0 Å². The minimum atomic E-state index is -1.06. The highest BCUT2D eigenvalue weighted by Crippen LogP contribution is 2.15. The molecule has 6 nitrogen and oxygen atoms in total. The Morgan fingerprint density at radius 3 is 3.12 bits per heavy atom. The maximum Gasteiger partial charge on any atom is 0.356 e. The van der Waals surface area contributed by atoms with Crippen molar-refractivity contribution in [3.05, 3.63) is 18.1 Å². The van der Waals surface area contributed by atoms with Gasteiger partial charge in [0.25, 0.3) is 0 Å². The Morgan fingerprint density at radius 2 is 2.47 bits per heavy atom. The highest BCUT2D eigenvalue weighted by Gasteiger charge is 2.20. The van der Waals surface area contributed by atoms with Gasteiger partial charge in [0.05, 0.1) is 12.4 Å². The van der Waals surface area contributed by atoms with E-state index in [1.54, 1.807) is 6.20 Å². The summed E-state index contributed by atoms with van der Waals surface area (Å²) in [4.78, 5) is 20.8. The van der Waals surface area contributed by atoms with Crippen molar-refractivity contribution in [2.45, 2.75) is 18.9 Å². The van der Waals surface area contributed by atoms with E-state index in [2.05, 4.69) is 27.2 Å². The first-order valence-electron chi connectivity index (χ1n) is 5.66. The van der Waals surface area contributed by atoms with E-state index in [4.69, 9.17) is 5.11 Å². The van der Waals surface area contributed by atoms with E-state index in [0.717, 1.165) is 19.5 Å². The Bertz CT molecular complexity index is 410. The number of carboxylic acid groups (broad SMARTS) is 1. The number of aromatic carboxylic acids is 1. The second-order valence-electron chi connectivity index (χ2n) is 4.25. The van der Waals surface area contributed by atoms with Crippen molar-refractivity contribution < 1.29 is 9.90 Å². The molecule has 1 aliphatic rings. The Labute approximate surface area is 99.7 Å². The van der Waals surface area contributed by atoms with E-state index in [0.29, 0.717) is 11.9 Å². The predicted octanol–water partition coefficient (Wildman–Crippen LogP) is 0.681. The molecule has 1 atom stereocenters. The zero-order chi connectivity index (χ0) is 12.3. The number of carbonyl (C=O) groups is 1. The van der Waals surface area contributed by atoms with Gasteiger partial charge in [0.2, 0.25) is 0 Å². The smallest absolute Gasteiger partial charge is 0.356 e. The molecule has 0 aliphatic carbocycles. The lowest BCUT2D eigenvalue weighted by Crippen LogP contribution is -2.31. The van der Waals surface area contributed by atoms with Gasteiger partial charge in [0, 0.05) is 12.6 Å². The lowest BCUT2D eigenvalue weighted by atomic mass is 10.2. The van der Waals surface area contributed by atoms with Crippen molar-refractivity contribution in [1.29, 1.82) is 0 Å². The highest BCUT2D eigenvalue weighted by molar-refractivity contribution is 5.85. The third kappa shape index (κ3) is 2.91. The zero-order valence-electron chi connectivity index (χ0n) is 9.76. The molecule has 0 amide bonds. The van der Waals surface area contributed by atoms with Gasteiger partial charge in [-0.25, -0.2) is 9.78 Å². The van der Waals surface area contributed by atoms with Gasteiger partial charge >= 0.3 is 5.97 Å². The molecule has 1 saturated heterocycles. The van der Waals surface area contributed by atoms with Gasteiger partial charge in [-0.15, -0.1) is 0 Å². The monoisotopic (exact) mass is 236 g/mol.